The molecule has 0 aliphatic rings. The summed E-state index contributed by atoms with van der Waals surface area (Å²) in [6, 6.07) is 0. The van der Waals surface area contributed by atoms with Crippen molar-refractivity contribution in [2.24, 2.45) is 0 Å². The summed E-state index contributed by atoms with van der Waals surface area (Å²) < 4.78 is 32.7. The number of aliphatic hydroxyl groups excluding tert-OH is 2. The summed E-state index contributed by atoms with van der Waals surface area (Å²) in [5, 5.41) is 18.4. The van der Waals surface area contributed by atoms with Gasteiger partial charge in [-0.25, -0.2) is 4.57 Å². The van der Waals surface area contributed by atoms with Crippen molar-refractivity contribution in [2.45, 2.75) is 193 Å². The quantitative estimate of drug-likeness (QED) is 0.0234. The van der Waals surface area contributed by atoms with Crippen LogP contribution in [-0.4, -0.2) is 65.7 Å². The molecule has 0 amide bonds. The largest absolute Gasteiger partial charge is 0.472 e. The van der Waals surface area contributed by atoms with Crippen LogP contribution in [0.15, 0.2) is 72.9 Å². The van der Waals surface area contributed by atoms with Crippen LogP contribution in [0.2, 0.25) is 0 Å². The lowest BCUT2D eigenvalue weighted by molar-refractivity contribution is -0.161. The number of phosphoric ester groups is 1. The molecule has 3 atom stereocenters. The molecule has 0 saturated heterocycles. The highest BCUT2D eigenvalue weighted by Gasteiger charge is 2.27. The molecule has 59 heavy (non-hydrogen) atoms. The maximum Gasteiger partial charge on any atom is 0.472 e. The Morgan fingerprint density at radius 1 is 0.525 bits per heavy atom. The Kier molecular flexibility index (Phi) is 41.6. The molecule has 0 aromatic heterocycles. The monoisotopic (exact) mass is 851 g/mol. The molecule has 0 aliphatic carbocycles. The van der Waals surface area contributed by atoms with Gasteiger partial charge in [0, 0.05) is 12.8 Å². The van der Waals surface area contributed by atoms with Crippen LogP contribution in [0.25, 0.3) is 0 Å². The highest BCUT2D eigenvalue weighted by molar-refractivity contribution is 7.47. The van der Waals surface area contributed by atoms with Gasteiger partial charge >= 0.3 is 19.8 Å². The second-order valence-corrected chi connectivity index (χ2v) is 16.5. The SMILES string of the molecule is CC/C=C\C/C=C\C/C=C\C/C=C\C/C=C\CCCC(=O)OC[C@H](COP(=O)(O)OC[C@@H](O)CO)OC(=O)CCCCCCCCC/C=C\CCCCCCCCCC. The fraction of sp³-hybridized carbons (Fsp3) is 0.708. The first-order valence-corrected chi connectivity index (χ1v) is 24.4. The zero-order valence-corrected chi connectivity index (χ0v) is 37.8. The number of ether oxygens (including phenoxy) is 2. The lowest BCUT2D eigenvalue weighted by Crippen LogP contribution is -2.29. The minimum Gasteiger partial charge on any atom is -0.462 e. The van der Waals surface area contributed by atoms with E-state index < -0.39 is 51.8 Å². The molecule has 11 heteroatoms. The Balaban J connectivity index is 4.36. The summed E-state index contributed by atoms with van der Waals surface area (Å²) in [7, 11) is -4.64. The van der Waals surface area contributed by atoms with Crippen LogP contribution in [0.4, 0.5) is 0 Å². The van der Waals surface area contributed by atoms with Gasteiger partial charge in [0.2, 0.25) is 0 Å². The molecule has 0 heterocycles. The molecule has 0 radical (unpaired) electrons. The predicted molar refractivity (Wildman–Crippen MR) is 242 cm³/mol. The molecule has 0 spiro atoms. The van der Waals surface area contributed by atoms with E-state index in [-0.39, 0.29) is 19.4 Å². The van der Waals surface area contributed by atoms with E-state index in [0.717, 1.165) is 57.8 Å². The fourth-order valence-electron chi connectivity index (χ4n) is 5.85. The van der Waals surface area contributed by atoms with Crippen LogP contribution in [0.1, 0.15) is 181 Å². The first-order chi connectivity index (χ1) is 28.7. The predicted octanol–water partition coefficient (Wildman–Crippen LogP) is 12.4. The normalized spacial score (nSPS) is 14.5. The summed E-state index contributed by atoms with van der Waals surface area (Å²) in [5.74, 6) is -1.00. The Morgan fingerprint density at radius 3 is 1.47 bits per heavy atom. The van der Waals surface area contributed by atoms with Gasteiger partial charge in [0.25, 0.3) is 0 Å². The fourth-order valence-corrected chi connectivity index (χ4v) is 6.64. The highest BCUT2D eigenvalue weighted by Crippen LogP contribution is 2.43. The minimum absolute atomic E-state index is 0.159. The maximum absolute atomic E-state index is 12.6. The topological polar surface area (TPSA) is 149 Å². The lowest BCUT2D eigenvalue weighted by atomic mass is 10.1. The van der Waals surface area contributed by atoms with E-state index in [0.29, 0.717) is 19.3 Å². The number of carbonyl (C=O) groups is 2. The van der Waals surface area contributed by atoms with Crippen LogP contribution in [0.3, 0.4) is 0 Å². The number of hydrogen-bond acceptors (Lipinski definition) is 9. The lowest BCUT2D eigenvalue weighted by Gasteiger charge is -2.20. The van der Waals surface area contributed by atoms with E-state index in [1.54, 1.807) is 0 Å². The number of rotatable bonds is 42. The van der Waals surface area contributed by atoms with E-state index in [1.165, 1.54) is 77.0 Å². The summed E-state index contributed by atoms with van der Waals surface area (Å²) in [5.41, 5.74) is 0. The van der Waals surface area contributed by atoms with Crippen LogP contribution in [0, 0.1) is 0 Å². The zero-order chi connectivity index (χ0) is 43.3. The van der Waals surface area contributed by atoms with E-state index >= 15 is 0 Å². The summed E-state index contributed by atoms with van der Waals surface area (Å²) >= 11 is 0. The smallest absolute Gasteiger partial charge is 0.462 e. The van der Waals surface area contributed by atoms with Crippen molar-refractivity contribution in [1.29, 1.82) is 0 Å². The van der Waals surface area contributed by atoms with Crippen LogP contribution in [-0.2, 0) is 32.7 Å². The third-order valence-corrected chi connectivity index (χ3v) is 10.3. The van der Waals surface area contributed by atoms with Crippen LogP contribution in [0.5, 0.6) is 0 Å². The molecule has 10 nitrogen and oxygen atoms in total. The second kappa shape index (κ2) is 43.5. The van der Waals surface area contributed by atoms with Crippen LogP contribution < -0.4 is 0 Å². The van der Waals surface area contributed by atoms with E-state index in [2.05, 4.69) is 85.2 Å². The van der Waals surface area contributed by atoms with Gasteiger partial charge < -0.3 is 24.6 Å². The molecule has 0 fully saturated rings. The standard InChI is InChI=1S/C48H83O10P/c1-3-5-7-9-11-13-15-17-19-21-22-24-26-28-30-32-34-36-38-40-48(52)58-46(44-57-59(53,54)56-42-45(50)41-49)43-55-47(51)39-37-35-33-31-29-27-25-23-20-18-16-14-12-10-8-6-4-2/h6,8,12,14,18,20-22,25,27,31,33,45-46,49-50H,3-5,7,9-11,13,15-17,19,23-24,26,28-30,32,34-44H2,1-2H3,(H,53,54)/b8-6-,14-12-,20-18-,22-21-,27-25-,33-31-/t45-,46+/m0/s1. The molecule has 1 unspecified atom stereocenters. The van der Waals surface area contributed by atoms with Gasteiger partial charge in [-0.2, -0.15) is 0 Å². The number of esters is 2. The summed E-state index contributed by atoms with van der Waals surface area (Å²) in [4.78, 5) is 35.0. The summed E-state index contributed by atoms with van der Waals surface area (Å²) in [6.07, 6.45) is 50.2. The van der Waals surface area contributed by atoms with Crippen LogP contribution >= 0.6 is 7.82 Å². The second-order valence-electron chi connectivity index (χ2n) is 15.0. The zero-order valence-electron chi connectivity index (χ0n) is 36.9. The van der Waals surface area contributed by atoms with E-state index in [9.17, 15) is 24.2 Å². The van der Waals surface area contributed by atoms with Gasteiger partial charge in [0.1, 0.15) is 12.7 Å². The molecule has 3 N–H and O–H groups in total. The number of phosphoric acid groups is 1. The molecular weight excluding hydrogens is 767 g/mol. The Labute approximate surface area is 358 Å². The third-order valence-electron chi connectivity index (χ3n) is 9.34. The van der Waals surface area contributed by atoms with E-state index in [1.807, 2.05) is 6.08 Å². The average Bonchev–Trinajstić information content (AvgIpc) is 3.22. The number of allylic oxidation sites excluding steroid dienone is 12. The maximum atomic E-state index is 12.6. The van der Waals surface area contributed by atoms with Crippen molar-refractivity contribution in [3.05, 3.63) is 72.9 Å². The minimum atomic E-state index is -4.64. The molecule has 0 aliphatic heterocycles. The Hall–Kier alpha value is -2.59. The van der Waals surface area contributed by atoms with Crippen molar-refractivity contribution in [3.8, 4) is 0 Å². The number of aliphatic hydroxyl groups is 2. The number of unbranched alkanes of at least 4 members (excludes halogenated alkanes) is 16. The van der Waals surface area contributed by atoms with Crippen molar-refractivity contribution in [1.82, 2.24) is 0 Å². The van der Waals surface area contributed by atoms with Gasteiger partial charge in [-0.1, -0.05) is 164 Å². The van der Waals surface area contributed by atoms with Crippen molar-refractivity contribution in [3.63, 3.8) is 0 Å². The number of hydrogen-bond donors (Lipinski definition) is 3. The molecular formula is C48H83O10P. The Morgan fingerprint density at radius 2 is 0.949 bits per heavy atom. The van der Waals surface area contributed by atoms with Gasteiger partial charge in [-0.3, -0.25) is 18.6 Å². The van der Waals surface area contributed by atoms with Gasteiger partial charge in [-0.15, -0.1) is 0 Å². The molecule has 0 rings (SSSR count). The van der Waals surface area contributed by atoms with Crippen molar-refractivity contribution >= 4 is 19.8 Å². The van der Waals surface area contributed by atoms with Crippen molar-refractivity contribution < 1.29 is 47.8 Å². The third kappa shape index (κ3) is 43.3. The average molecular weight is 851 g/mol. The molecule has 340 valence electrons. The summed E-state index contributed by atoms with van der Waals surface area (Å²) in [6.45, 7) is 2.20. The highest BCUT2D eigenvalue weighted by atomic mass is 31.2. The van der Waals surface area contributed by atoms with E-state index in [4.69, 9.17) is 19.1 Å². The molecule has 0 aromatic rings. The molecule has 0 aromatic carbocycles. The molecule has 0 bridgehead atoms. The Bertz CT molecular complexity index is 1210. The van der Waals surface area contributed by atoms with Gasteiger partial charge in [-0.05, 0) is 77.0 Å². The molecule has 0 saturated carbocycles. The van der Waals surface area contributed by atoms with Crippen molar-refractivity contribution in [2.75, 3.05) is 26.4 Å². The first-order valence-electron chi connectivity index (χ1n) is 22.9. The van der Waals surface area contributed by atoms with Gasteiger partial charge in [0.05, 0.1) is 19.8 Å². The first kappa shape index (κ1) is 56.4. The number of carbonyl (C=O) groups excluding carboxylic acids is 2. The van der Waals surface area contributed by atoms with Gasteiger partial charge in [0.15, 0.2) is 6.10 Å².